The second-order valence-electron chi connectivity index (χ2n) is 13.5. The third kappa shape index (κ3) is 5.77. The Kier molecular flexibility index (Phi) is 9.33. The maximum Gasteiger partial charge on any atom is 0.264 e. The molecule has 3 N–H and O–H groups in total. The topological polar surface area (TPSA) is 100 Å². The molecule has 3 aliphatic rings. The van der Waals surface area contributed by atoms with E-state index in [1.54, 1.807) is 12.0 Å². The first kappa shape index (κ1) is 32.7. The predicted molar refractivity (Wildman–Crippen MR) is 185 cm³/mol. The lowest BCUT2D eigenvalue weighted by molar-refractivity contribution is -0.146. The van der Waals surface area contributed by atoms with Gasteiger partial charge in [-0.05, 0) is 79.4 Å². The molecule has 3 aromatic carbocycles. The van der Waals surface area contributed by atoms with Gasteiger partial charge in [0.1, 0.15) is 5.75 Å². The minimum Gasteiger partial charge on any atom is -0.497 e. The van der Waals surface area contributed by atoms with E-state index in [0.29, 0.717) is 30.2 Å². The first-order valence-corrected chi connectivity index (χ1v) is 19.7. The average Bonchev–Trinajstić information content (AvgIpc) is 3.48. The van der Waals surface area contributed by atoms with Crippen molar-refractivity contribution in [1.29, 1.82) is 0 Å². The van der Waals surface area contributed by atoms with Gasteiger partial charge in [-0.3, -0.25) is 9.59 Å². The molecule has 0 aliphatic carbocycles. The first-order chi connectivity index (χ1) is 22.1. The summed E-state index contributed by atoms with van der Waals surface area (Å²) in [5.74, 6) is 0.452. The van der Waals surface area contributed by atoms with E-state index in [2.05, 4.69) is 42.8 Å². The number of carbonyl (C=O) groups excluding carboxylic acids is 2. The fraction of sp³-hybridized carbons (Fsp3) is 0.444. The van der Waals surface area contributed by atoms with Gasteiger partial charge in [0.15, 0.2) is 5.60 Å². The van der Waals surface area contributed by atoms with Crippen molar-refractivity contribution in [1.82, 2.24) is 5.32 Å². The SMILES string of the molecule is COc1ccc([Si](C)(C)[C@H]2[C@H](CCO)O[C@@]3(C(=O)N(Cc4cccc(NC(=O)C5CCCNC5)c4)c4ccc(Cl)cc43)[C@@H]2C)cc1. The molecule has 6 rings (SSSR count). The lowest BCUT2D eigenvalue weighted by atomic mass is 9.82. The maximum absolute atomic E-state index is 14.8. The molecular formula is C36H44ClN3O5Si. The van der Waals surface area contributed by atoms with Gasteiger partial charge in [-0.15, -0.1) is 0 Å². The summed E-state index contributed by atoms with van der Waals surface area (Å²) in [6.45, 7) is 8.68. The highest BCUT2D eigenvalue weighted by molar-refractivity contribution is 6.91. The Balaban J connectivity index is 1.33. The zero-order chi connectivity index (χ0) is 32.6. The number of ether oxygens (including phenoxy) is 2. The highest BCUT2D eigenvalue weighted by Gasteiger charge is 2.66. The van der Waals surface area contributed by atoms with Crippen molar-refractivity contribution in [3.63, 3.8) is 0 Å². The molecule has 0 radical (unpaired) electrons. The van der Waals surface area contributed by atoms with Gasteiger partial charge in [0.2, 0.25) is 5.91 Å². The molecule has 10 heteroatoms. The number of aliphatic hydroxyl groups excluding tert-OH is 1. The number of hydrogen-bond donors (Lipinski definition) is 3. The molecule has 3 heterocycles. The molecule has 46 heavy (non-hydrogen) atoms. The van der Waals surface area contributed by atoms with Crippen LogP contribution >= 0.6 is 11.6 Å². The van der Waals surface area contributed by atoms with E-state index in [9.17, 15) is 14.7 Å². The summed E-state index contributed by atoms with van der Waals surface area (Å²) in [4.78, 5) is 29.6. The van der Waals surface area contributed by atoms with Crippen LogP contribution in [0, 0.1) is 11.8 Å². The summed E-state index contributed by atoms with van der Waals surface area (Å²) >= 11 is 6.60. The van der Waals surface area contributed by atoms with Crippen LogP contribution in [0.25, 0.3) is 0 Å². The van der Waals surface area contributed by atoms with Crippen LogP contribution in [0.4, 0.5) is 11.4 Å². The van der Waals surface area contributed by atoms with E-state index in [-0.39, 0.29) is 41.9 Å². The molecule has 1 spiro atoms. The molecule has 244 valence electrons. The number of nitrogens with one attached hydrogen (secondary N) is 2. The van der Waals surface area contributed by atoms with Crippen LogP contribution in [0.5, 0.6) is 5.75 Å². The van der Waals surface area contributed by atoms with Crippen LogP contribution < -0.4 is 25.5 Å². The van der Waals surface area contributed by atoms with Crippen molar-refractivity contribution >= 4 is 48.1 Å². The summed E-state index contributed by atoms with van der Waals surface area (Å²) < 4.78 is 12.4. The van der Waals surface area contributed by atoms with E-state index in [4.69, 9.17) is 21.1 Å². The monoisotopic (exact) mass is 661 g/mol. The highest BCUT2D eigenvalue weighted by atomic mass is 35.5. The molecule has 1 unspecified atom stereocenters. The lowest BCUT2D eigenvalue weighted by Gasteiger charge is -2.37. The van der Waals surface area contributed by atoms with Crippen molar-refractivity contribution < 1.29 is 24.2 Å². The largest absolute Gasteiger partial charge is 0.497 e. The van der Waals surface area contributed by atoms with Gasteiger partial charge in [-0.2, -0.15) is 0 Å². The zero-order valence-corrected chi connectivity index (χ0v) is 28.8. The van der Waals surface area contributed by atoms with E-state index < -0.39 is 13.7 Å². The molecule has 2 fully saturated rings. The van der Waals surface area contributed by atoms with E-state index >= 15 is 0 Å². The Bertz CT molecular complexity index is 1590. The Morgan fingerprint density at radius 3 is 2.65 bits per heavy atom. The van der Waals surface area contributed by atoms with Gasteiger partial charge < -0.3 is 30.1 Å². The molecule has 3 aromatic rings. The van der Waals surface area contributed by atoms with Crippen LogP contribution in [0.3, 0.4) is 0 Å². The Hall–Kier alpha value is -3.21. The Morgan fingerprint density at radius 1 is 1.17 bits per heavy atom. The standard InChI is InChI=1S/C36H44ClN3O5Si/c1-23-33(46(3,4)29-13-11-28(44-2)12-14-29)32(16-18-41)45-36(23)30-20-26(37)10-15-31(30)40(35(36)43)22-24-7-5-9-27(19-24)39-34(42)25-8-6-17-38-21-25/h5,7,9-15,19-20,23,25,32-33,38,41H,6,8,16-18,21-22H2,1-4H3,(H,39,42)/t23-,25?,32+,33-,36+/m1/s1. The van der Waals surface area contributed by atoms with Gasteiger partial charge in [0, 0.05) is 35.3 Å². The first-order valence-electron chi connectivity index (χ1n) is 16.3. The second-order valence-corrected chi connectivity index (χ2v) is 18.6. The maximum atomic E-state index is 14.8. The van der Waals surface area contributed by atoms with E-state index in [1.807, 2.05) is 54.6 Å². The summed E-state index contributed by atoms with van der Waals surface area (Å²) in [5, 5.41) is 18.3. The lowest BCUT2D eigenvalue weighted by Crippen LogP contribution is -2.51. The number of aliphatic hydroxyl groups is 1. The number of fused-ring (bicyclic) bond motifs is 2. The molecule has 8 nitrogen and oxygen atoms in total. The number of rotatable bonds is 9. The van der Waals surface area contributed by atoms with Gasteiger partial charge >= 0.3 is 0 Å². The van der Waals surface area contributed by atoms with E-state index in [1.165, 1.54) is 5.19 Å². The number of benzene rings is 3. The van der Waals surface area contributed by atoms with Crippen LogP contribution in [-0.2, 0) is 26.5 Å². The number of hydrogen-bond acceptors (Lipinski definition) is 6. The van der Waals surface area contributed by atoms with Gasteiger partial charge in [0.05, 0.1) is 39.4 Å². The number of carbonyl (C=O) groups is 2. The fourth-order valence-corrected chi connectivity index (χ4v) is 12.3. The third-order valence-electron chi connectivity index (χ3n) is 10.4. The van der Waals surface area contributed by atoms with Crippen molar-refractivity contribution in [2.24, 2.45) is 11.8 Å². The molecule has 2 amide bonds. The minimum absolute atomic E-state index is 0.0123. The van der Waals surface area contributed by atoms with Crippen molar-refractivity contribution in [3.8, 4) is 5.75 Å². The normalized spacial score (nSPS) is 26.0. The highest BCUT2D eigenvalue weighted by Crippen LogP contribution is 2.60. The summed E-state index contributed by atoms with van der Waals surface area (Å²) in [5.41, 5.74) is 1.96. The molecule has 5 atom stereocenters. The molecule has 0 saturated carbocycles. The predicted octanol–water partition coefficient (Wildman–Crippen LogP) is 5.43. The second kappa shape index (κ2) is 13.1. The van der Waals surface area contributed by atoms with Crippen LogP contribution in [-0.4, -0.2) is 57.9 Å². The summed E-state index contributed by atoms with van der Waals surface area (Å²) in [6, 6.07) is 21.5. The van der Waals surface area contributed by atoms with Gasteiger partial charge in [-0.25, -0.2) is 0 Å². The van der Waals surface area contributed by atoms with Crippen LogP contribution in [0.2, 0.25) is 23.7 Å². The van der Waals surface area contributed by atoms with Crippen LogP contribution in [0.15, 0.2) is 66.7 Å². The summed E-state index contributed by atoms with van der Waals surface area (Å²) in [7, 11) is -0.618. The molecule has 3 aliphatic heterocycles. The summed E-state index contributed by atoms with van der Waals surface area (Å²) in [6.07, 6.45) is 1.98. The van der Waals surface area contributed by atoms with Gasteiger partial charge in [0.25, 0.3) is 5.91 Å². The molecule has 0 bridgehead atoms. The Morgan fingerprint density at radius 2 is 1.96 bits per heavy atom. The number of amides is 2. The van der Waals surface area contributed by atoms with Crippen LogP contribution in [0.1, 0.15) is 37.3 Å². The fourth-order valence-electron chi connectivity index (χ4n) is 8.09. The molecular weight excluding hydrogens is 618 g/mol. The minimum atomic E-state index is -2.28. The quantitative estimate of drug-likeness (QED) is 0.265. The third-order valence-corrected chi connectivity index (χ3v) is 15.0. The number of halogens is 1. The van der Waals surface area contributed by atoms with Gasteiger partial charge in [-0.1, -0.05) is 61.1 Å². The zero-order valence-electron chi connectivity index (χ0n) is 27.0. The average molecular weight is 662 g/mol. The van der Waals surface area contributed by atoms with E-state index in [0.717, 1.165) is 42.0 Å². The van der Waals surface area contributed by atoms with Crippen molar-refractivity contribution in [3.05, 3.63) is 82.9 Å². The number of piperidine rings is 1. The van der Waals surface area contributed by atoms with Crippen molar-refractivity contribution in [2.75, 3.05) is 37.0 Å². The number of nitrogens with zero attached hydrogens (tertiary/aromatic N) is 1. The van der Waals surface area contributed by atoms with Crippen molar-refractivity contribution in [2.45, 2.75) is 63.1 Å². The number of anilines is 2. The smallest absolute Gasteiger partial charge is 0.264 e. The molecule has 2 saturated heterocycles. The Labute approximate surface area is 277 Å². The molecule has 0 aromatic heterocycles. The number of methoxy groups -OCH3 is 1.